The van der Waals surface area contributed by atoms with Crippen LogP contribution in [0.5, 0.6) is 0 Å². The highest BCUT2D eigenvalue weighted by Crippen LogP contribution is 2.22. The predicted molar refractivity (Wildman–Crippen MR) is 60.4 cm³/mol. The number of nitrogens with one attached hydrogen (secondary N) is 1. The molecule has 0 aliphatic heterocycles. The fourth-order valence-electron chi connectivity index (χ4n) is 2.07. The van der Waals surface area contributed by atoms with Crippen LogP contribution in [0.4, 0.5) is 10.1 Å². The van der Waals surface area contributed by atoms with Crippen LogP contribution in [-0.2, 0) is 0 Å². The third kappa shape index (κ3) is 2.48. The van der Waals surface area contributed by atoms with Crippen molar-refractivity contribution in [2.45, 2.75) is 38.3 Å². The molecule has 0 amide bonds. The number of hydrogen-bond donors (Lipinski definition) is 2. The lowest BCUT2D eigenvalue weighted by Gasteiger charge is -2.14. The van der Waals surface area contributed by atoms with Crippen LogP contribution in [0, 0.1) is 12.7 Å². The number of nitrogens with two attached hydrogens (primary N) is 1. The molecule has 0 aromatic heterocycles. The molecule has 0 bridgehead atoms. The van der Waals surface area contributed by atoms with Crippen LogP contribution in [-0.4, -0.2) is 12.1 Å². The predicted octanol–water partition coefficient (Wildman–Crippen LogP) is 2.43. The molecule has 2 unspecified atom stereocenters. The third-order valence-electron chi connectivity index (χ3n) is 3.02. The molecule has 0 heterocycles. The Kier molecular flexibility index (Phi) is 2.91. The molecule has 0 spiro atoms. The van der Waals surface area contributed by atoms with Crippen molar-refractivity contribution in [1.82, 2.24) is 0 Å². The summed E-state index contributed by atoms with van der Waals surface area (Å²) >= 11 is 0. The molecule has 82 valence electrons. The van der Waals surface area contributed by atoms with Crippen LogP contribution in [0.15, 0.2) is 18.2 Å². The first-order chi connectivity index (χ1) is 7.15. The fraction of sp³-hybridized carbons (Fsp3) is 0.500. The van der Waals surface area contributed by atoms with Gasteiger partial charge in [0.05, 0.1) is 0 Å². The summed E-state index contributed by atoms with van der Waals surface area (Å²) < 4.78 is 13.3. The molecule has 2 atom stereocenters. The van der Waals surface area contributed by atoms with Crippen molar-refractivity contribution in [2.75, 3.05) is 5.32 Å². The van der Waals surface area contributed by atoms with E-state index in [4.69, 9.17) is 5.73 Å². The van der Waals surface area contributed by atoms with Gasteiger partial charge in [-0.05, 0) is 43.9 Å². The number of aryl methyl sites for hydroxylation is 1. The molecule has 3 N–H and O–H groups in total. The van der Waals surface area contributed by atoms with Gasteiger partial charge in [-0.25, -0.2) is 4.39 Å². The van der Waals surface area contributed by atoms with Gasteiger partial charge in [0, 0.05) is 17.8 Å². The summed E-state index contributed by atoms with van der Waals surface area (Å²) in [6.45, 7) is 1.77. The SMILES string of the molecule is Cc1ccc(NC2CCC(N)C2)cc1F. The molecule has 2 rings (SSSR count). The van der Waals surface area contributed by atoms with Gasteiger partial charge in [-0.3, -0.25) is 0 Å². The van der Waals surface area contributed by atoms with E-state index in [1.54, 1.807) is 19.1 Å². The molecule has 15 heavy (non-hydrogen) atoms. The third-order valence-corrected chi connectivity index (χ3v) is 3.02. The van der Waals surface area contributed by atoms with Crippen molar-refractivity contribution in [3.63, 3.8) is 0 Å². The first kappa shape index (κ1) is 10.4. The lowest BCUT2D eigenvalue weighted by Crippen LogP contribution is -2.20. The van der Waals surface area contributed by atoms with Crippen LogP contribution >= 0.6 is 0 Å². The highest BCUT2D eigenvalue weighted by molar-refractivity contribution is 5.46. The second kappa shape index (κ2) is 4.19. The lowest BCUT2D eigenvalue weighted by molar-refractivity contribution is 0.618. The van der Waals surface area contributed by atoms with Crippen LogP contribution in [0.25, 0.3) is 0 Å². The molecule has 1 aromatic carbocycles. The van der Waals surface area contributed by atoms with Gasteiger partial charge in [-0.2, -0.15) is 0 Å². The number of hydrogen-bond acceptors (Lipinski definition) is 2. The van der Waals surface area contributed by atoms with Crippen LogP contribution in [0.2, 0.25) is 0 Å². The van der Waals surface area contributed by atoms with Gasteiger partial charge in [-0.1, -0.05) is 6.07 Å². The first-order valence-electron chi connectivity index (χ1n) is 5.43. The second-order valence-corrected chi connectivity index (χ2v) is 4.38. The van der Waals surface area contributed by atoms with Gasteiger partial charge in [0.25, 0.3) is 0 Å². The van der Waals surface area contributed by atoms with Gasteiger partial charge >= 0.3 is 0 Å². The van der Waals surface area contributed by atoms with Gasteiger partial charge in [0.2, 0.25) is 0 Å². The summed E-state index contributed by atoms with van der Waals surface area (Å²) in [4.78, 5) is 0. The molecular weight excluding hydrogens is 191 g/mol. The van der Waals surface area contributed by atoms with E-state index in [0.29, 0.717) is 17.6 Å². The van der Waals surface area contributed by atoms with Crippen LogP contribution in [0.3, 0.4) is 0 Å². The Bertz CT molecular complexity index is 351. The molecule has 1 aromatic rings. The standard InChI is InChI=1S/C12H17FN2/c1-8-2-4-11(7-12(8)13)15-10-5-3-9(14)6-10/h2,4,7,9-10,15H,3,5-6,14H2,1H3. The van der Waals surface area contributed by atoms with Crippen molar-refractivity contribution in [1.29, 1.82) is 0 Å². The molecule has 3 heteroatoms. The molecule has 1 aliphatic rings. The zero-order valence-electron chi connectivity index (χ0n) is 8.96. The van der Waals surface area contributed by atoms with Crippen molar-refractivity contribution in [3.8, 4) is 0 Å². The maximum absolute atomic E-state index is 13.3. The van der Waals surface area contributed by atoms with Crippen LogP contribution in [0.1, 0.15) is 24.8 Å². The quantitative estimate of drug-likeness (QED) is 0.783. The molecule has 2 nitrogen and oxygen atoms in total. The van der Waals surface area contributed by atoms with E-state index in [-0.39, 0.29) is 5.82 Å². The molecule has 1 fully saturated rings. The summed E-state index contributed by atoms with van der Waals surface area (Å²) in [5.41, 5.74) is 7.36. The van der Waals surface area contributed by atoms with E-state index < -0.39 is 0 Å². The van der Waals surface area contributed by atoms with Gasteiger partial charge in [0.15, 0.2) is 0 Å². The largest absolute Gasteiger partial charge is 0.382 e. The normalized spacial score (nSPS) is 25.5. The zero-order chi connectivity index (χ0) is 10.8. The van der Waals surface area contributed by atoms with Crippen molar-refractivity contribution in [2.24, 2.45) is 5.73 Å². The Morgan fingerprint density at radius 2 is 2.20 bits per heavy atom. The van der Waals surface area contributed by atoms with Gasteiger partial charge < -0.3 is 11.1 Å². The summed E-state index contributed by atoms with van der Waals surface area (Å²) in [6, 6.07) is 5.98. The van der Waals surface area contributed by atoms with Crippen molar-refractivity contribution >= 4 is 5.69 Å². The molecule has 1 aliphatic carbocycles. The fourth-order valence-corrected chi connectivity index (χ4v) is 2.07. The topological polar surface area (TPSA) is 38.0 Å². The summed E-state index contributed by atoms with van der Waals surface area (Å²) in [5.74, 6) is -0.151. The summed E-state index contributed by atoms with van der Waals surface area (Å²) in [7, 11) is 0. The molecular formula is C12H17FN2. The van der Waals surface area contributed by atoms with Crippen molar-refractivity contribution in [3.05, 3.63) is 29.6 Å². The van der Waals surface area contributed by atoms with Gasteiger partial charge in [0.1, 0.15) is 5.82 Å². The van der Waals surface area contributed by atoms with E-state index in [1.807, 2.05) is 6.07 Å². The first-order valence-corrected chi connectivity index (χ1v) is 5.43. The van der Waals surface area contributed by atoms with E-state index in [9.17, 15) is 4.39 Å². The second-order valence-electron chi connectivity index (χ2n) is 4.38. The minimum Gasteiger partial charge on any atom is -0.382 e. The maximum atomic E-state index is 13.3. The van der Waals surface area contributed by atoms with E-state index in [2.05, 4.69) is 5.32 Å². The minimum absolute atomic E-state index is 0.151. The highest BCUT2D eigenvalue weighted by Gasteiger charge is 2.21. The summed E-state index contributed by atoms with van der Waals surface area (Å²) in [6.07, 6.45) is 3.12. The smallest absolute Gasteiger partial charge is 0.128 e. The average molecular weight is 208 g/mol. The van der Waals surface area contributed by atoms with E-state index >= 15 is 0 Å². The average Bonchev–Trinajstić information content (AvgIpc) is 2.58. The minimum atomic E-state index is -0.151. The Morgan fingerprint density at radius 3 is 2.80 bits per heavy atom. The summed E-state index contributed by atoms with van der Waals surface area (Å²) in [5, 5.41) is 3.32. The zero-order valence-corrected chi connectivity index (χ0v) is 8.96. The number of rotatable bonds is 2. The number of benzene rings is 1. The Balaban J connectivity index is 2.02. The lowest BCUT2D eigenvalue weighted by atomic mass is 10.2. The Labute approximate surface area is 89.7 Å². The Morgan fingerprint density at radius 1 is 1.40 bits per heavy atom. The molecule has 1 saturated carbocycles. The number of halogens is 1. The highest BCUT2D eigenvalue weighted by atomic mass is 19.1. The monoisotopic (exact) mass is 208 g/mol. The van der Waals surface area contributed by atoms with Crippen molar-refractivity contribution < 1.29 is 4.39 Å². The van der Waals surface area contributed by atoms with E-state index in [1.165, 1.54) is 0 Å². The molecule has 0 saturated heterocycles. The Hall–Kier alpha value is -1.09. The van der Waals surface area contributed by atoms with Crippen LogP contribution < -0.4 is 11.1 Å². The number of anilines is 1. The molecule has 0 radical (unpaired) electrons. The van der Waals surface area contributed by atoms with Gasteiger partial charge in [-0.15, -0.1) is 0 Å². The van der Waals surface area contributed by atoms with E-state index in [0.717, 1.165) is 24.9 Å². The maximum Gasteiger partial charge on any atom is 0.128 e.